The van der Waals surface area contributed by atoms with E-state index in [1.165, 1.54) is 7.11 Å². The van der Waals surface area contributed by atoms with Crippen molar-refractivity contribution in [2.45, 2.75) is 25.4 Å². The fraction of sp³-hybridized carbons (Fsp3) is 0.300. The summed E-state index contributed by atoms with van der Waals surface area (Å²) in [6.07, 6.45) is -0.0357. The summed E-state index contributed by atoms with van der Waals surface area (Å²) < 4.78 is 15.4. The van der Waals surface area contributed by atoms with Crippen LogP contribution in [0.25, 0.3) is 0 Å². The van der Waals surface area contributed by atoms with Crippen molar-refractivity contribution in [3.63, 3.8) is 0 Å². The zero-order valence-corrected chi connectivity index (χ0v) is 16.3. The van der Waals surface area contributed by atoms with Crippen LogP contribution in [0.5, 0.6) is 11.5 Å². The Balaban J connectivity index is 1.69. The molecule has 2 amide bonds. The van der Waals surface area contributed by atoms with Gasteiger partial charge in [0, 0.05) is 5.02 Å². The van der Waals surface area contributed by atoms with Crippen LogP contribution in [0.1, 0.15) is 36.6 Å². The van der Waals surface area contributed by atoms with Gasteiger partial charge >= 0.3 is 12.0 Å². The second-order valence-electron chi connectivity index (χ2n) is 6.31. The number of amides is 2. The quantitative estimate of drug-likeness (QED) is 0.716. The van der Waals surface area contributed by atoms with Gasteiger partial charge in [-0.05, 0) is 36.2 Å². The molecule has 0 saturated carbocycles. The van der Waals surface area contributed by atoms with Crippen LogP contribution in [0, 0.1) is 0 Å². The van der Waals surface area contributed by atoms with Gasteiger partial charge in [0.25, 0.3) is 0 Å². The summed E-state index contributed by atoms with van der Waals surface area (Å²) in [4.78, 5) is 24.3. The van der Waals surface area contributed by atoms with Crippen molar-refractivity contribution in [2.75, 3.05) is 13.9 Å². The Bertz CT molecular complexity index is 873. The van der Waals surface area contributed by atoms with Gasteiger partial charge < -0.3 is 24.8 Å². The molecular formula is C20H21ClN2O5. The first-order chi connectivity index (χ1) is 13.5. The van der Waals surface area contributed by atoms with E-state index in [0.717, 1.165) is 5.56 Å². The average Bonchev–Trinajstić information content (AvgIpc) is 3.15. The van der Waals surface area contributed by atoms with E-state index in [0.29, 0.717) is 22.1 Å². The summed E-state index contributed by atoms with van der Waals surface area (Å²) in [7, 11) is 1.30. The average molecular weight is 405 g/mol. The van der Waals surface area contributed by atoms with Gasteiger partial charge in [-0.15, -0.1) is 0 Å². The van der Waals surface area contributed by atoms with E-state index in [-0.39, 0.29) is 19.3 Å². The highest BCUT2D eigenvalue weighted by atomic mass is 35.5. The van der Waals surface area contributed by atoms with Gasteiger partial charge in [0.05, 0.1) is 25.6 Å². The Morgan fingerprint density at radius 1 is 1.14 bits per heavy atom. The first kappa shape index (κ1) is 19.8. The van der Waals surface area contributed by atoms with E-state index < -0.39 is 18.0 Å². The molecule has 1 heterocycles. The highest BCUT2D eigenvalue weighted by molar-refractivity contribution is 6.31. The number of benzene rings is 2. The standard InChI is InChI=1S/C20H21ClN2O5/c1-12(13-7-8-17-18(9-13)28-11-27-17)22-20(25)23-16(10-19(24)26-2)14-5-3-4-6-15(14)21/h3-9,12,16H,10-11H2,1-2H3,(H2,22,23,25)/t12-,16+/m1/s1. The third-order valence-electron chi connectivity index (χ3n) is 4.43. The fourth-order valence-electron chi connectivity index (χ4n) is 2.91. The number of halogens is 1. The first-order valence-corrected chi connectivity index (χ1v) is 9.13. The van der Waals surface area contributed by atoms with E-state index in [1.807, 2.05) is 19.1 Å². The predicted octanol–water partition coefficient (Wildman–Crippen LogP) is 3.73. The molecule has 2 aromatic carbocycles. The monoisotopic (exact) mass is 404 g/mol. The van der Waals surface area contributed by atoms with Crippen molar-refractivity contribution in [3.8, 4) is 11.5 Å². The molecule has 1 aliphatic rings. The van der Waals surface area contributed by atoms with Crippen LogP contribution in [-0.2, 0) is 9.53 Å². The van der Waals surface area contributed by atoms with Gasteiger partial charge in [0.15, 0.2) is 11.5 Å². The molecule has 7 nitrogen and oxygen atoms in total. The number of carbonyl (C=O) groups is 2. The van der Waals surface area contributed by atoms with Crippen LogP contribution in [0.4, 0.5) is 4.79 Å². The molecule has 0 unspecified atom stereocenters. The van der Waals surface area contributed by atoms with Crippen molar-refractivity contribution in [1.29, 1.82) is 0 Å². The third kappa shape index (κ3) is 4.67. The van der Waals surface area contributed by atoms with Crippen molar-refractivity contribution in [1.82, 2.24) is 10.6 Å². The largest absolute Gasteiger partial charge is 0.469 e. The predicted molar refractivity (Wildman–Crippen MR) is 103 cm³/mol. The molecule has 2 N–H and O–H groups in total. The van der Waals surface area contributed by atoms with Gasteiger partial charge in [-0.25, -0.2) is 4.79 Å². The number of ether oxygens (including phenoxy) is 3. The molecule has 2 aromatic rings. The Labute approximate surface area is 167 Å². The zero-order chi connectivity index (χ0) is 20.1. The lowest BCUT2D eigenvalue weighted by Gasteiger charge is -2.22. The minimum absolute atomic E-state index is 0.0357. The Kier molecular flexibility index (Phi) is 6.26. The summed E-state index contributed by atoms with van der Waals surface area (Å²) in [6, 6.07) is 11.2. The molecule has 148 valence electrons. The van der Waals surface area contributed by atoms with E-state index in [9.17, 15) is 9.59 Å². The minimum atomic E-state index is -0.620. The summed E-state index contributed by atoms with van der Waals surface area (Å²) in [5, 5.41) is 6.12. The summed E-state index contributed by atoms with van der Waals surface area (Å²) in [6.45, 7) is 2.04. The smallest absolute Gasteiger partial charge is 0.315 e. The van der Waals surface area contributed by atoms with Crippen LogP contribution in [0.15, 0.2) is 42.5 Å². The highest BCUT2D eigenvalue weighted by Crippen LogP contribution is 2.34. The lowest BCUT2D eigenvalue weighted by molar-refractivity contribution is -0.141. The molecule has 0 radical (unpaired) electrons. The van der Waals surface area contributed by atoms with Crippen molar-refractivity contribution in [2.24, 2.45) is 0 Å². The number of nitrogens with one attached hydrogen (secondary N) is 2. The maximum absolute atomic E-state index is 12.6. The number of fused-ring (bicyclic) bond motifs is 1. The lowest BCUT2D eigenvalue weighted by atomic mass is 10.0. The molecule has 28 heavy (non-hydrogen) atoms. The first-order valence-electron chi connectivity index (χ1n) is 8.75. The molecule has 8 heteroatoms. The van der Waals surface area contributed by atoms with E-state index in [2.05, 4.69) is 10.6 Å². The van der Waals surface area contributed by atoms with Crippen LogP contribution in [-0.4, -0.2) is 25.9 Å². The highest BCUT2D eigenvalue weighted by Gasteiger charge is 2.22. The summed E-state index contributed by atoms with van der Waals surface area (Å²) in [5.74, 6) is 0.873. The van der Waals surface area contributed by atoms with E-state index in [4.69, 9.17) is 25.8 Å². The van der Waals surface area contributed by atoms with E-state index >= 15 is 0 Å². The number of hydrogen-bond donors (Lipinski definition) is 2. The molecule has 3 rings (SSSR count). The molecular weight excluding hydrogens is 384 g/mol. The van der Waals surface area contributed by atoms with Gasteiger partial charge in [0.1, 0.15) is 0 Å². The van der Waals surface area contributed by atoms with Crippen LogP contribution < -0.4 is 20.1 Å². The van der Waals surface area contributed by atoms with Gasteiger partial charge in [-0.3, -0.25) is 4.79 Å². The maximum Gasteiger partial charge on any atom is 0.315 e. The number of urea groups is 1. The number of hydrogen-bond acceptors (Lipinski definition) is 5. The Hall–Kier alpha value is -2.93. The van der Waals surface area contributed by atoms with Crippen LogP contribution in [0.3, 0.4) is 0 Å². The third-order valence-corrected chi connectivity index (χ3v) is 4.77. The van der Waals surface area contributed by atoms with Crippen molar-refractivity contribution >= 4 is 23.6 Å². The normalized spacial score (nSPS) is 14.1. The molecule has 2 atom stereocenters. The van der Waals surface area contributed by atoms with Gasteiger partial charge in [-0.1, -0.05) is 35.9 Å². The molecule has 1 aliphatic heterocycles. The zero-order valence-electron chi connectivity index (χ0n) is 15.5. The number of carbonyl (C=O) groups excluding carboxylic acids is 2. The van der Waals surface area contributed by atoms with E-state index in [1.54, 1.807) is 30.3 Å². The van der Waals surface area contributed by atoms with Crippen molar-refractivity contribution in [3.05, 3.63) is 58.6 Å². The van der Waals surface area contributed by atoms with Crippen molar-refractivity contribution < 1.29 is 23.8 Å². The molecule has 0 aliphatic carbocycles. The second-order valence-corrected chi connectivity index (χ2v) is 6.71. The number of esters is 1. The SMILES string of the molecule is COC(=O)C[C@H](NC(=O)N[C@H](C)c1ccc2c(c1)OCO2)c1ccccc1Cl. The summed E-state index contributed by atoms with van der Waals surface area (Å²) in [5.41, 5.74) is 1.50. The number of methoxy groups -OCH3 is 1. The molecule has 0 aromatic heterocycles. The topological polar surface area (TPSA) is 85.9 Å². The summed E-state index contributed by atoms with van der Waals surface area (Å²) >= 11 is 6.24. The number of rotatable bonds is 6. The molecule has 0 fully saturated rings. The van der Waals surface area contributed by atoms with Gasteiger partial charge in [-0.2, -0.15) is 0 Å². The van der Waals surface area contributed by atoms with Crippen LogP contribution >= 0.6 is 11.6 Å². The molecule has 0 spiro atoms. The fourth-order valence-corrected chi connectivity index (χ4v) is 3.18. The van der Waals surface area contributed by atoms with Gasteiger partial charge in [0.2, 0.25) is 6.79 Å². The lowest BCUT2D eigenvalue weighted by Crippen LogP contribution is -2.40. The molecule has 0 bridgehead atoms. The second kappa shape index (κ2) is 8.84. The Morgan fingerprint density at radius 3 is 2.64 bits per heavy atom. The Morgan fingerprint density at radius 2 is 1.89 bits per heavy atom. The van der Waals surface area contributed by atoms with Crippen LogP contribution in [0.2, 0.25) is 5.02 Å². The minimum Gasteiger partial charge on any atom is -0.469 e. The molecule has 0 saturated heterocycles. The maximum atomic E-state index is 12.6.